The van der Waals surface area contributed by atoms with Crippen LogP contribution >= 0.6 is 0 Å². The second-order valence-corrected chi connectivity index (χ2v) is 3.72. The lowest BCUT2D eigenvalue weighted by atomic mass is 10.0. The van der Waals surface area contributed by atoms with Crippen LogP contribution in [0, 0.1) is 0 Å². The molecule has 1 amide bonds. The molecule has 0 saturated heterocycles. The fourth-order valence-corrected chi connectivity index (χ4v) is 1.62. The Morgan fingerprint density at radius 2 is 1.53 bits per heavy atom. The lowest BCUT2D eigenvalue weighted by Crippen LogP contribution is -2.19. The topological polar surface area (TPSA) is 49.3 Å². The largest absolute Gasteiger partial charge is 0.465 e. The average Bonchev–Trinajstić information content (AvgIpc) is 2.38. The van der Waals surface area contributed by atoms with Gasteiger partial charge in [-0.05, 0) is 16.7 Å². The van der Waals surface area contributed by atoms with Gasteiger partial charge in [0, 0.05) is 6.54 Å². The van der Waals surface area contributed by atoms with Crippen LogP contribution in [0.15, 0.2) is 54.6 Å². The third-order valence-electron chi connectivity index (χ3n) is 2.50. The standard InChI is InChI=1S/C14H13NO2/c16-14(17)15-10-11-6-8-13(9-7-11)12-4-2-1-3-5-12/h1-9,15H,10H2,(H,16,17). The number of nitrogens with one attached hydrogen (secondary N) is 1. The molecule has 0 fully saturated rings. The molecule has 17 heavy (non-hydrogen) atoms. The van der Waals surface area contributed by atoms with E-state index in [2.05, 4.69) is 5.32 Å². The van der Waals surface area contributed by atoms with Crippen molar-refractivity contribution in [3.63, 3.8) is 0 Å². The molecule has 0 aliphatic heterocycles. The van der Waals surface area contributed by atoms with E-state index in [4.69, 9.17) is 5.11 Å². The number of hydrogen-bond acceptors (Lipinski definition) is 1. The average molecular weight is 227 g/mol. The molecule has 3 nitrogen and oxygen atoms in total. The Labute approximate surface area is 99.7 Å². The van der Waals surface area contributed by atoms with Crippen molar-refractivity contribution in [2.45, 2.75) is 6.54 Å². The number of carboxylic acid groups (broad SMARTS) is 1. The predicted octanol–water partition coefficient (Wildman–Crippen LogP) is 3.12. The zero-order valence-electron chi connectivity index (χ0n) is 9.26. The molecule has 0 unspecified atom stereocenters. The van der Waals surface area contributed by atoms with Crippen LogP contribution in [0.4, 0.5) is 4.79 Å². The van der Waals surface area contributed by atoms with Gasteiger partial charge >= 0.3 is 6.09 Å². The second-order valence-electron chi connectivity index (χ2n) is 3.72. The SMILES string of the molecule is O=C(O)NCc1ccc(-c2ccccc2)cc1. The van der Waals surface area contributed by atoms with E-state index in [1.807, 2.05) is 54.6 Å². The van der Waals surface area contributed by atoms with Crippen molar-refractivity contribution in [3.05, 3.63) is 60.2 Å². The zero-order chi connectivity index (χ0) is 12.1. The quantitative estimate of drug-likeness (QED) is 0.846. The summed E-state index contributed by atoms with van der Waals surface area (Å²) in [7, 11) is 0. The van der Waals surface area contributed by atoms with Crippen molar-refractivity contribution >= 4 is 6.09 Å². The first-order valence-electron chi connectivity index (χ1n) is 5.37. The molecule has 2 rings (SSSR count). The van der Waals surface area contributed by atoms with Crippen LogP contribution in [0.5, 0.6) is 0 Å². The normalized spacial score (nSPS) is 9.88. The molecule has 86 valence electrons. The third kappa shape index (κ3) is 3.08. The summed E-state index contributed by atoms with van der Waals surface area (Å²) in [6.07, 6.45) is -1.00. The maximum Gasteiger partial charge on any atom is 0.404 e. The van der Waals surface area contributed by atoms with E-state index in [1.165, 1.54) is 0 Å². The van der Waals surface area contributed by atoms with E-state index in [9.17, 15) is 4.79 Å². The second kappa shape index (κ2) is 5.16. The first-order chi connectivity index (χ1) is 8.25. The van der Waals surface area contributed by atoms with Crippen molar-refractivity contribution in [2.24, 2.45) is 0 Å². The van der Waals surface area contributed by atoms with Gasteiger partial charge in [0.05, 0.1) is 0 Å². The van der Waals surface area contributed by atoms with Crippen LogP contribution in [-0.4, -0.2) is 11.2 Å². The highest BCUT2D eigenvalue weighted by molar-refractivity contribution is 5.65. The molecule has 0 radical (unpaired) electrons. The van der Waals surface area contributed by atoms with Crippen LogP contribution in [0.1, 0.15) is 5.56 Å². The summed E-state index contributed by atoms with van der Waals surface area (Å²) in [5.74, 6) is 0. The first kappa shape index (κ1) is 11.2. The van der Waals surface area contributed by atoms with E-state index in [-0.39, 0.29) is 0 Å². The Kier molecular flexibility index (Phi) is 3.40. The van der Waals surface area contributed by atoms with Crippen LogP contribution < -0.4 is 5.32 Å². The molecule has 0 bridgehead atoms. The van der Waals surface area contributed by atoms with Gasteiger partial charge in [0.1, 0.15) is 0 Å². The van der Waals surface area contributed by atoms with Gasteiger partial charge in [-0.15, -0.1) is 0 Å². The number of rotatable bonds is 3. The summed E-state index contributed by atoms with van der Waals surface area (Å²) in [4.78, 5) is 10.3. The van der Waals surface area contributed by atoms with E-state index in [0.29, 0.717) is 6.54 Å². The van der Waals surface area contributed by atoms with E-state index >= 15 is 0 Å². The molecule has 0 aromatic heterocycles. The van der Waals surface area contributed by atoms with Gasteiger partial charge in [-0.25, -0.2) is 4.79 Å². The number of benzene rings is 2. The zero-order valence-corrected chi connectivity index (χ0v) is 9.26. The first-order valence-corrected chi connectivity index (χ1v) is 5.37. The summed E-state index contributed by atoms with van der Waals surface area (Å²) < 4.78 is 0. The van der Waals surface area contributed by atoms with Gasteiger partial charge < -0.3 is 10.4 Å². The Morgan fingerprint density at radius 1 is 0.941 bits per heavy atom. The van der Waals surface area contributed by atoms with Gasteiger partial charge in [0.15, 0.2) is 0 Å². The monoisotopic (exact) mass is 227 g/mol. The lowest BCUT2D eigenvalue weighted by Gasteiger charge is -2.04. The fourth-order valence-electron chi connectivity index (χ4n) is 1.62. The molecule has 0 aliphatic carbocycles. The highest BCUT2D eigenvalue weighted by Gasteiger charge is 1.98. The maximum atomic E-state index is 10.3. The minimum absolute atomic E-state index is 0.338. The van der Waals surface area contributed by atoms with Crippen LogP contribution in [0.25, 0.3) is 11.1 Å². The summed E-state index contributed by atoms with van der Waals surface area (Å²) >= 11 is 0. The number of amides is 1. The smallest absolute Gasteiger partial charge is 0.404 e. The summed E-state index contributed by atoms with van der Waals surface area (Å²) in [6, 6.07) is 17.9. The Bertz CT molecular complexity index is 491. The van der Waals surface area contributed by atoms with Crippen molar-refractivity contribution in [1.82, 2.24) is 5.32 Å². The molecule has 0 saturated carbocycles. The van der Waals surface area contributed by atoms with Crippen molar-refractivity contribution in [3.8, 4) is 11.1 Å². The summed E-state index contributed by atoms with van der Waals surface area (Å²) in [6.45, 7) is 0.338. The van der Waals surface area contributed by atoms with Gasteiger partial charge in [-0.3, -0.25) is 0 Å². The molecule has 0 atom stereocenters. The Balaban J connectivity index is 2.11. The molecule has 2 aromatic rings. The van der Waals surface area contributed by atoms with Crippen molar-refractivity contribution in [2.75, 3.05) is 0 Å². The lowest BCUT2D eigenvalue weighted by molar-refractivity contribution is 0.194. The summed E-state index contributed by atoms with van der Waals surface area (Å²) in [5.41, 5.74) is 3.24. The molecular formula is C14H13NO2. The minimum Gasteiger partial charge on any atom is -0.465 e. The van der Waals surface area contributed by atoms with Gasteiger partial charge in [-0.2, -0.15) is 0 Å². The molecular weight excluding hydrogens is 214 g/mol. The van der Waals surface area contributed by atoms with E-state index in [1.54, 1.807) is 0 Å². The van der Waals surface area contributed by atoms with Crippen LogP contribution in [-0.2, 0) is 6.54 Å². The molecule has 2 aromatic carbocycles. The van der Waals surface area contributed by atoms with Gasteiger partial charge in [-0.1, -0.05) is 54.6 Å². The molecule has 0 spiro atoms. The van der Waals surface area contributed by atoms with Crippen molar-refractivity contribution < 1.29 is 9.90 Å². The maximum absolute atomic E-state index is 10.3. The highest BCUT2D eigenvalue weighted by atomic mass is 16.4. The molecule has 3 heteroatoms. The third-order valence-corrected chi connectivity index (χ3v) is 2.50. The Hall–Kier alpha value is -2.29. The van der Waals surface area contributed by atoms with Crippen molar-refractivity contribution in [1.29, 1.82) is 0 Å². The van der Waals surface area contributed by atoms with E-state index < -0.39 is 6.09 Å². The van der Waals surface area contributed by atoms with Crippen LogP contribution in [0.2, 0.25) is 0 Å². The number of carbonyl (C=O) groups is 1. The minimum atomic E-state index is -1.00. The van der Waals surface area contributed by atoms with Gasteiger partial charge in [0.25, 0.3) is 0 Å². The summed E-state index contributed by atoms with van der Waals surface area (Å²) in [5, 5.41) is 10.8. The number of hydrogen-bond donors (Lipinski definition) is 2. The van der Waals surface area contributed by atoms with E-state index in [0.717, 1.165) is 16.7 Å². The molecule has 0 heterocycles. The highest BCUT2D eigenvalue weighted by Crippen LogP contribution is 2.18. The Morgan fingerprint density at radius 3 is 2.12 bits per heavy atom. The predicted molar refractivity (Wildman–Crippen MR) is 66.7 cm³/mol. The molecule has 2 N–H and O–H groups in total. The fraction of sp³-hybridized carbons (Fsp3) is 0.0714. The van der Waals surface area contributed by atoms with Crippen LogP contribution in [0.3, 0.4) is 0 Å². The van der Waals surface area contributed by atoms with Gasteiger partial charge in [0.2, 0.25) is 0 Å². The molecule has 0 aliphatic rings.